The Balaban J connectivity index is 3.26. The molecule has 0 spiro atoms. The minimum atomic E-state index is -3.82. The zero-order valence-corrected chi connectivity index (χ0v) is 12.2. The number of sulfonamides is 1. The van der Waals surface area contributed by atoms with Gasteiger partial charge in [-0.05, 0) is 30.5 Å². The highest BCUT2D eigenvalue weighted by Gasteiger charge is 2.18. The highest BCUT2D eigenvalue weighted by molar-refractivity contribution is 7.89. The summed E-state index contributed by atoms with van der Waals surface area (Å²) in [6.07, 6.45) is 0. The molecule has 0 aliphatic carbocycles. The molecule has 19 heavy (non-hydrogen) atoms. The van der Waals surface area contributed by atoms with Crippen molar-refractivity contribution >= 4 is 21.4 Å². The summed E-state index contributed by atoms with van der Waals surface area (Å²) in [5.74, 6) is 0.184. The van der Waals surface area contributed by atoms with E-state index >= 15 is 0 Å². The third kappa shape index (κ3) is 3.82. The lowest BCUT2D eigenvalue weighted by atomic mass is 10.0. The number of nitrogens with two attached hydrogens (primary N) is 2. The van der Waals surface area contributed by atoms with Crippen molar-refractivity contribution < 1.29 is 13.5 Å². The van der Waals surface area contributed by atoms with Crippen LogP contribution < -0.4 is 16.2 Å². The fourth-order valence-corrected chi connectivity index (χ4v) is 2.61. The molecule has 1 atom stereocenters. The minimum Gasteiger partial charge on any atom is -0.399 e. The van der Waals surface area contributed by atoms with Crippen molar-refractivity contribution in [3.63, 3.8) is 0 Å². The van der Waals surface area contributed by atoms with Gasteiger partial charge in [-0.15, -0.1) is 0 Å². The van der Waals surface area contributed by atoms with Crippen LogP contribution in [0.15, 0.2) is 17.0 Å². The number of nitrogens with one attached hydrogen (secondary N) is 1. The Morgan fingerprint density at radius 2 is 1.95 bits per heavy atom. The monoisotopic (exact) mass is 287 g/mol. The lowest BCUT2D eigenvalue weighted by Gasteiger charge is -2.23. The van der Waals surface area contributed by atoms with E-state index in [1.165, 1.54) is 6.07 Å². The summed E-state index contributed by atoms with van der Waals surface area (Å²) in [6.45, 7) is 5.50. The number of rotatable bonds is 5. The summed E-state index contributed by atoms with van der Waals surface area (Å²) in [5.41, 5.74) is 7.06. The van der Waals surface area contributed by atoms with E-state index in [2.05, 4.69) is 5.32 Å². The molecule has 7 heteroatoms. The summed E-state index contributed by atoms with van der Waals surface area (Å²) in [4.78, 5) is -0.00422. The third-order valence-corrected chi connectivity index (χ3v) is 4.07. The molecule has 0 bridgehead atoms. The second-order valence-electron chi connectivity index (χ2n) is 4.91. The Morgan fingerprint density at radius 3 is 2.37 bits per heavy atom. The van der Waals surface area contributed by atoms with E-state index in [9.17, 15) is 13.5 Å². The Hall–Kier alpha value is -1.31. The Kier molecular flexibility index (Phi) is 4.78. The number of aliphatic hydroxyl groups is 1. The number of hydrogen-bond donors (Lipinski definition) is 4. The smallest absolute Gasteiger partial charge is 0.238 e. The van der Waals surface area contributed by atoms with Gasteiger partial charge in [-0.3, -0.25) is 0 Å². The Bertz CT molecular complexity index is 556. The molecule has 1 unspecified atom stereocenters. The van der Waals surface area contributed by atoms with Crippen LogP contribution in [-0.4, -0.2) is 26.2 Å². The second kappa shape index (κ2) is 5.77. The number of anilines is 2. The van der Waals surface area contributed by atoms with E-state index in [-0.39, 0.29) is 23.5 Å². The average molecular weight is 287 g/mol. The molecule has 1 aromatic rings. The van der Waals surface area contributed by atoms with E-state index < -0.39 is 10.0 Å². The maximum atomic E-state index is 11.5. The predicted octanol–water partition coefficient (Wildman–Crippen LogP) is 0.653. The first-order valence-electron chi connectivity index (χ1n) is 5.97. The van der Waals surface area contributed by atoms with Crippen molar-refractivity contribution in [3.05, 3.63) is 17.7 Å². The van der Waals surface area contributed by atoms with Crippen LogP contribution in [0.2, 0.25) is 0 Å². The molecule has 6 nitrogen and oxygen atoms in total. The van der Waals surface area contributed by atoms with Crippen LogP contribution in [0.5, 0.6) is 0 Å². The molecular weight excluding hydrogens is 266 g/mol. The highest BCUT2D eigenvalue weighted by atomic mass is 32.2. The summed E-state index contributed by atoms with van der Waals surface area (Å²) in [5, 5.41) is 17.6. The Morgan fingerprint density at radius 1 is 1.37 bits per heavy atom. The first-order valence-corrected chi connectivity index (χ1v) is 7.51. The quantitative estimate of drug-likeness (QED) is 0.593. The summed E-state index contributed by atoms with van der Waals surface area (Å²) >= 11 is 0. The van der Waals surface area contributed by atoms with Crippen LogP contribution >= 0.6 is 0 Å². The average Bonchev–Trinajstić information content (AvgIpc) is 2.27. The minimum absolute atomic E-state index is 0.00422. The molecule has 0 fully saturated rings. The first kappa shape index (κ1) is 15.7. The third-order valence-electron chi connectivity index (χ3n) is 3.03. The zero-order chi connectivity index (χ0) is 14.8. The number of primary sulfonamides is 1. The number of hydrogen-bond acceptors (Lipinski definition) is 5. The van der Waals surface area contributed by atoms with Crippen molar-refractivity contribution in [3.8, 4) is 0 Å². The van der Waals surface area contributed by atoms with E-state index in [1.807, 2.05) is 13.8 Å². The SMILES string of the molecule is Cc1c(NC(CO)C(C)C)cc(N)cc1S(N)(=O)=O. The molecule has 0 saturated carbocycles. The topological polar surface area (TPSA) is 118 Å². The van der Waals surface area contributed by atoms with Crippen molar-refractivity contribution in [1.29, 1.82) is 0 Å². The normalized spacial score (nSPS) is 13.6. The predicted molar refractivity (Wildman–Crippen MR) is 76.3 cm³/mol. The molecular formula is C12H21N3O3S. The fraction of sp³-hybridized carbons (Fsp3) is 0.500. The standard InChI is InChI=1S/C12H21N3O3S/c1-7(2)11(6-16)15-10-4-9(13)5-12(8(10)3)19(14,17)18/h4-5,7,11,15-16H,6,13H2,1-3H3,(H2,14,17,18). The van der Waals surface area contributed by atoms with Crippen molar-refractivity contribution in [2.75, 3.05) is 17.7 Å². The van der Waals surface area contributed by atoms with Gasteiger partial charge in [-0.25, -0.2) is 13.6 Å². The molecule has 0 aromatic heterocycles. The lowest BCUT2D eigenvalue weighted by molar-refractivity contribution is 0.249. The number of benzene rings is 1. The summed E-state index contributed by atoms with van der Waals surface area (Å²) in [7, 11) is -3.82. The maximum absolute atomic E-state index is 11.5. The van der Waals surface area contributed by atoms with Crippen molar-refractivity contribution in [2.24, 2.45) is 11.1 Å². The zero-order valence-electron chi connectivity index (χ0n) is 11.3. The molecule has 0 saturated heterocycles. The van der Waals surface area contributed by atoms with Gasteiger partial charge in [-0.1, -0.05) is 13.8 Å². The van der Waals surface area contributed by atoms with E-state index in [1.54, 1.807) is 13.0 Å². The van der Waals surface area contributed by atoms with Gasteiger partial charge in [0, 0.05) is 11.4 Å². The molecule has 0 radical (unpaired) electrons. The first-order chi connectivity index (χ1) is 8.66. The van der Waals surface area contributed by atoms with Crippen LogP contribution in [0.25, 0.3) is 0 Å². The van der Waals surface area contributed by atoms with Gasteiger partial charge in [0.1, 0.15) is 0 Å². The Labute approximate surface area is 113 Å². The van der Waals surface area contributed by atoms with E-state index in [0.717, 1.165) is 0 Å². The van der Waals surface area contributed by atoms with E-state index in [4.69, 9.17) is 10.9 Å². The van der Waals surface area contributed by atoms with Gasteiger partial charge in [0.25, 0.3) is 0 Å². The van der Waals surface area contributed by atoms with Gasteiger partial charge in [-0.2, -0.15) is 0 Å². The second-order valence-corrected chi connectivity index (χ2v) is 6.44. The van der Waals surface area contributed by atoms with Gasteiger partial charge < -0.3 is 16.2 Å². The highest BCUT2D eigenvalue weighted by Crippen LogP contribution is 2.27. The van der Waals surface area contributed by atoms with Crippen LogP contribution in [0.4, 0.5) is 11.4 Å². The fourth-order valence-electron chi connectivity index (χ4n) is 1.78. The van der Waals surface area contributed by atoms with Gasteiger partial charge >= 0.3 is 0 Å². The van der Waals surface area contributed by atoms with Crippen molar-refractivity contribution in [1.82, 2.24) is 0 Å². The molecule has 0 heterocycles. The number of nitrogen functional groups attached to an aromatic ring is 1. The molecule has 108 valence electrons. The molecule has 0 aliphatic rings. The van der Waals surface area contributed by atoms with Gasteiger partial charge in [0.2, 0.25) is 10.0 Å². The molecule has 0 amide bonds. The summed E-state index contributed by atoms with van der Waals surface area (Å²) < 4.78 is 23.0. The van der Waals surface area contributed by atoms with Gasteiger partial charge in [0.05, 0.1) is 17.5 Å². The van der Waals surface area contributed by atoms with Crippen LogP contribution in [0.3, 0.4) is 0 Å². The van der Waals surface area contributed by atoms with Gasteiger partial charge in [0.15, 0.2) is 0 Å². The van der Waals surface area contributed by atoms with Crippen LogP contribution in [-0.2, 0) is 10.0 Å². The number of aliphatic hydroxyl groups excluding tert-OH is 1. The van der Waals surface area contributed by atoms with Crippen LogP contribution in [0.1, 0.15) is 19.4 Å². The summed E-state index contributed by atoms with van der Waals surface area (Å²) in [6, 6.07) is 2.78. The van der Waals surface area contributed by atoms with Crippen LogP contribution in [0, 0.1) is 12.8 Å². The molecule has 1 rings (SSSR count). The lowest BCUT2D eigenvalue weighted by Crippen LogP contribution is -2.30. The molecule has 0 aliphatic heterocycles. The van der Waals surface area contributed by atoms with Crippen molar-refractivity contribution in [2.45, 2.75) is 31.7 Å². The molecule has 1 aromatic carbocycles. The van der Waals surface area contributed by atoms with E-state index in [0.29, 0.717) is 16.9 Å². The maximum Gasteiger partial charge on any atom is 0.238 e. The molecule has 6 N–H and O–H groups in total. The largest absolute Gasteiger partial charge is 0.399 e.